The summed E-state index contributed by atoms with van der Waals surface area (Å²) in [6.45, 7) is 2.79. The van der Waals surface area contributed by atoms with E-state index in [2.05, 4.69) is 6.92 Å². The van der Waals surface area contributed by atoms with E-state index in [1.54, 1.807) is 12.1 Å². The molecule has 0 bridgehead atoms. The third-order valence-corrected chi connectivity index (χ3v) is 3.61. The fourth-order valence-electron chi connectivity index (χ4n) is 2.21. The largest absolute Gasteiger partial charge is 0.494 e. The molecule has 0 spiro atoms. The van der Waals surface area contributed by atoms with E-state index in [9.17, 15) is 13.2 Å². The van der Waals surface area contributed by atoms with E-state index in [1.165, 1.54) is 44.2 Å². The number of hydrogen-bond acceptors (Lipinski definition) is 2. The molecule has 2 nitrogen and oxygen atoms in total. The standard InChI is InChI=1S/C17H26F3NO/c1-2-3-4-5-6-7-8-13-22-15-11-9-14(10-12-15)16(21)17(18,19)20/h9-12,16H,2-8,13,21H2,1H3/t16-/m0/s1. The van der Waals surface area contributed by atoms with Gasteiger partial charge in [0, 0.05) is 0 Å². The van der Waals surface area contributed by atoms with Crippen LogP contribution in [0.25, 0.3) is 0 Å². The lowest BCUT2D eigenvalue weighted by atomic mass is 10.1. The van der Waals surface area contributed by atoms with Gasteiger partial charge in [-0.25, -0.2) is 0 Å². The molecule has 0 heterocycles. The van der Waals surface area contributed by atoms with Gasteiger partial charge in [0.1, 0.15) is 11.8 Å². The van der Waals surface area contributed by atoms with E-state index in [1.807, 2.05) is 0 Å². The van der Waals surface area contributed by atoms with Crippen molar-refractivity contribution in [3.8, 4) is 5.75 Å². The Bertz CT molecular complexity index is 403. The molecule has 126 valence electrons. The second-order valence-corrected chi connectivity index (χ2v) is 5.56. The molecular formula is C17H26F3NO. The first kappa shape index (κ1) is 18.8. The van der Waals surface area contributed by atoms with Gasteiger partial charge < -0.3 is 10.5 Å². The lowest BCUT2D eigenvalue weighted by Crippen LogP contribution is -2.28. The summed E-state index contributed by atoms with van der Waals surface area (Å²) >= 11 is 0. The molecule has 0 unspecified atom stereocenters. The first-order valence-corrected chi connectivity index (χ1v) is 8.00. The molecule has 0 saturated heterocycles. The average molecular weight is 317 g/mol. The van der Waals surface area contributed by atoms with Gasteiger partial charge in [-0.2, -0.15) is 13.2 Å². The van der Waals surface area contributed by atoms with Gasteiger partial charge in [-0.1, -0.05) is 57.6 Å². The van der Waals surface area contributed by atoms with E-state index >= 15 is 0 Å². The maximum Gasteiger partial charge on any atom is 0.407 e. The molecule has 5 heteroatoms. The Morgan fingerprint density at radius 2 is 1.50 bits per heavy atom. The van der Waals surface area contributed by atoms with Crippen molar-refractivity contribution < 1.29 is 17.9 Å². The molecule has 0 aliphatic rings. The van der Waals surface area contributed by atoms with Crippen LogP contribution in [-0.2, 0) is 0 Å². The van der Waals surface area contributed by atoms with Crippen LogP contribution in [0, 0.1) is 0 Å². The fourth-order valence-corrected chi connectivity index (χ4v) is 2.21. The van der Waals surface area contributed by atoms with Crippen molar-refractivity contribution in [3.05, 3.63) is 29.8 Å². The Morgan fingerprint density at radius 1 is 0.955 bits per heavy atom. The third kappa shape index (κ3) is 7.16. The van der Waals surface area contributed by atoms with E-state index in [0.29, 0.717) is 12.4 Å². The molecule has 0 fully saturated rings. The minimum atomic E-state index is -4.42. The summed E-state index contributed by atoms with van der Waals surface area (Å²) in [4.78, 5) is 0. The summed E-state index contributed by atoms with van der Waals surface area (Å²) in [6, 6.07) is 3.89. The van der Waals surface area contributed by atoms with Crippen molar-refractivity contribution in [2.45, 2.75) is 64.1 Å². The van der Waals surface area contributed by atoms with Crippen LogP contribution in [0.1, 0.15) is 63.5 Å². The highest BCUT2D eigenvalue weighted by Gasteiger charge is 2.37. The summed E-state index contributed by atoms with van der Waals surface area (Å²) in [7, 11) is 0. The highest BCUT2D eigenvalue weighted by Crippen LogP contribution is 2.31. The van der Waals surface area contributed by atoms with Gasteiger partial charge in [0.05, 0.1) is 6.61 Å². The molecule has 1 aromatic rings. The number of hydrogen-bond donors (Lipinski definition) is 1. The van der Waals surface area contributed by atoms with Crippen LogP contribution in [0.4, 0.5) is 13.2 Å². The number of unbranched alkanes of at least 4 members (excludes halogenated alkanes) is 6. The molecule has 0 aliphatic carbocycles. The Hall–Kier alpha value is -1.23. The summed E-state index contributed by atoms with van der Waals surface area (Å²) in [5.74, 6) is 0.587. The van der Waals surface area contributed by atoms with Crippen molar-refractivity contribution in [3.63, 3.8) is 0 Å². The predicted molar refractivity (Wildman–Crippen MR) is 82.9 cm³/mol. The van der Waals surface area contributed by atoms with Crippen molar-refractivity contribution >= 4 is 0 Å². The van der Waals surface area contributed by atoms with Crippen LogP contribution >= 0.6 is 0 Å². The lowest BCUT2D eigenvalue weighted by Gasteiger charge is -2.16. The summed E-state index contributed by atoms with van der Waals surface area (Å²) < 4.78 is 43.0. The number of ether oxygens (including phenoxy) is 1. The first-order chi connectivity index (χ1) is 10.4. The topological polar surface area (TPSA) is 35.2 Å². The smallest absolute Gasteiger partial charge is 0.407 e. The lowest BCUT2D eigenvalue weighted by molar-refractivity contribution is -0.149. The molecule has 2 N–H and O–H groups in total. The first-order valence-electron chi connectivity index (χ1n) is 8.00. The monoisotopic (exact) mass is 317 g/mol. The third-order valence-electron chi connectivity index (χ3n) is 3.61. The van der Waals surface area contributed by atoms with Crippen LogP contribution in [0.15, 0.2) is 24.3 Å². The van der Waals surface area contributed by atoms with Crippen LogP contribution in [0.2, 0.25) is 0 Å². The summed E-state index contributed by atoms with van der Waals surface area (Å²) in [6.07, 6.45) is 3.98. The van der Waals surface area contributed by atoms with Crippen LogP contribution in [-0.4, -0.2) is 12.8 Å². The van der Waals surface area contributed by atoms with Crippen molar-refractivity contribution in [2.24, 2.45) is 5.73 Å². The minimum Gasteiger partial charge on any atom is -0.494 e. The molecule has 1 aromatic carbocycles. The van der Waals surface area contributed by atoms with Crippen molar-refractivity contribution in [2.75, 3.05) is 6.61 Å². The van der Waals surface area contributed by atoms with Crippen LogP contribution in [0.5, 0.6) is 5.75 Å². The molecule has 0 amide bonds. The SMILES string of the molecule is CCCCCCCCCOc1ccc([C@H](N)C(F)(F)F)cc1. The second-order valence-electron chi connectivity index (χ2n) is 5.56. The van der Waals surface area contributed by atoms with Crippen molar-refractivity contribution in [1.29, 1.82) is 0 Å². The normalized spacial score (nSPS) is 13.1. The Balaban J connectivity index is 2.22. The van der Waals surface area contributed by atoms with Gasteiger partial charge in [-0.3, -0.25) is 0 Å². The summed E-state index contributed by atoms with van der Waals surface area (Å²) in [5, 5.41) is 0. The molecular weight excluding hydrogens is 291 g/mol. The molecule has 0 radical (unpaired) electrons. The highest BCUT2D eigenvalue weighted by molar-refractivity contribution is 5.29. The Morgan fingerprint density at radius 3 is 2.05 bits per heavy atom. The van der Waals surface area contributed by atoms with Crippen LogP contribution < -0.4 is 10.5 Å². The van der Waals surface area contributed by atoms with Gasteiger partial charge in [-0.05, 0) is 24.1 Å². The Labute approximate surface area is 130 Å². The van der Waals surface area contributed by atoms with E-state index in [4.69, 9.17) is 10.5 Å². The number of halogens is 3. The second kappa shape index (κ2) is 9.72. The number of nitrogens with two attached hydrogens (primary N) is 1. The predicted octanol–water partition coefficient (Wildman–Crippen LogP) is 5.38. The van der Waals surface area contributed by atoms with E-state index in [-0.39, 0.29) is 5.56 Å². The van der Waals surface area contributed by atoms with E-state index < -0.39 is 12.2 Å². The quantitative estimate of drug-likeness (QED) is 0.588. The number of benzene rings is 1. The molecule has 1 rings (SSSR count). The zero-order valence-electron chi connectivity index (χ0n) is 13.2. The number of rotatable bonds is 10. The molecule has 1 atom stereocenters. The minimum absolute atomic E-state index is 0.0516. The average Bonchev–Trinajstić information content (AvgIpc) is 2.49. The van der Waals surface area contributed by atoms with Gasteiger partial charge in [0.25, 0.3) is 0 Å². The molecule has 0 aliphatic heterocycles. The zero-order chi connectivity index (χ0) is 16.4. The van der Waals surface area contributed by atoms with Gasteiger partial charge in [-0.15, -0.1) is 0 Å². The maximum atomic E-state index is 12.5. The zero-order valence-corrected chi connectivity index (χ0v) is 13.2. The molecule has 22 heavy (non-hydrogen) atoms. The maximum absolute atomic E-state index is 12.5. The van der Waals surface area contributed by atoms with Gasteiger partial charge in [0.2, 0.25) is 0 Å². The Kier molecular flexibility index (Phi) is 8.31. The van der Waals surface area contributed by atoms with Gasteiger partial charge >= 0.3 is 6.18 Å². The van der Waals surface area contributed by atoms with Gasteiger partial charge in [0.15, 0.2) is 0 Å². The highest BCUT2D eigenvalue weighted by atomic mass is 19.4. The van der Waals surface area contributed by atoms with Crippen LogP contribution in [0.3, 0.4) is 0 Å². The molecule has 0 aromatic heterocycles. The summed E-state index contributed by atoms with van der Waals surface area (Å²) in [5.41, 5.74) is 5.20. The fraction of sp³-hybridized carbons (Fsp3) is 0.647. The molecule has 0 saturated carbocycles. The van der Waals surface area contributed by atoms with Crippen molar-refractivity contribution in [1.82, 2.24) is 0 Å². The van der Waals surface area contributed by atoms with E-state index in [0.717, 1.165) is 12.8 Å². The number of alkyl halides is 3.